The van der Waals surface area contributed by atoms with Crippen LogP contribution < -0.4 is 10.1 Å². The molecule has 7 nitrogen and oxygen atoms in total. The van der Waals surface area contributed by atoms with E-state index in [0.717, 1.165) is 24.8 Å². The Morgan fingerprint density at radius 2 is 2.50 bits per heavy atom. The minimum atomic E-state index is 0.167. The molecule has 0 radical (unpaired) electrons. The second kappa shape index (κ2) is 4.77. The van der Waals surface area contributed by atoms with E-state index < -0.39 is 0 Å². The maximum atomic E-state index is 5.73. The molecule has 1 atom stereocenters. The molecule has 18 heavy (non-hydrogen) atoms. The molecular weight excluding hydrogens is 234 g/mol. The average molecular weight is 249 g/mol. The van der Waals surface area contributed by atoms with Crippen LogP contribution in [0.15, 0.2) is 6.20 Å². The predicted octanol–water partition coefficient (Wildman–Crippen LogP) is 0.952. The highest BCUT2D eigenvalue weighted by atomic mass is 16.5. The quantitative estimate of drug-likeness (QED) is 0.839. The highest BCUT2D eigenvalue weighted by molar-refractivity contribution is 5.80. The van der Waals surface area contributed by atoms with Crippen LogP contribution in [0.2, 0.25) is 0 Å². The lowest BCUT2D eigenvalue weighted by Gasteiger charge is -2.11. The molecule has 0 saturated carbocycles. The van der Waals surface area contributed by atoms with Crippen molar-refractivity contribution in [3.8, 4) is 5.88 Å². The minimum Gasteiger partial charge on any atom is -0.474 e. The number of hydrogen-bond acceptors (Lipinski definition) is 6. The van der Waals surface area contributed by atoms with Gasteiger partial charge in [-0.2, -0.15) is 15.1 Å². The first-order valence-corrected chi connectivity index (χ1v) is 6.00. The molecule has 96 valence electrons. The lowest BCUT2D eigenvalue weighted by atomic mass is 10.2. The fourth-order valence-corrected chi connectivity index (χ4v) is 1.98. The molecule has 0 aliphatic carbocycles. The van der Waals surface area contributed by atoms with Gasteiger partial charge in [-0.1, -0.05) is 0 Å². The maximum absolute atomic E-state index is 5.73. The molecule has 1 fully saturated rings. The molecule has 3 rings (SSSR count). The van der Waals surface area contributed by atoms with Gasteiger partial charge in [0.05, 0.1) is 12.3 Å². The van der Waals surface area contributed by atoms with Gasteiger partial charge < -0.3 is 14.8 Å². The predicted molar refractivity (Wildman–Crippen MR) is 65.7 cm³/mol. The fourth-order valence-electron chi connectivity index (χ4n) is 1.98. The van der Waals surface area contributed by atoms with Crippen molar-refractivity contribution >= 4 is 17.0 Å². The van der Waals surface area contributed by atoms with Crippen molar-refractivity contribution in [3.05, 3.63) is 6.20 Å². The Morgan fingerprint density at radius 1 is 1.56 bits per heavy atom. The normalized spacial score (nSPS) is 19.3. The second-order valence-electron chi connectivity index (χ2n) is 4.18. The van der Waals surface area contributed by atoms with Gasteiger partial charge in [0.25, 0.3) is 0 Å². The number of anilines is 1. The Balaban J connectivity index is 1.82. The van der Waals surface area contributed by atoms with Crippen molar-refractivity contribution in [2.45, 2.75) is 18.9 Å². The van der Waals surface area contributed by atoms with Gasteiger partial charge in [-0.05, 0) is 12.8 Å². The first-order valence-electron chi connectivity index (χ1n) is 6.00. The van der Waals surface area contributed by atoms with E-state index in [-0.39, 0.29) is 6.10 Å². The third-order valence-electron chi connectivity index (χ3n) is 2.93. The number of hydrogen-bond donors (Lipinski definition) is 2. The van der Waals surface area contributed by atoms with Crippen LogP contribution in [-0.2, 0) is 4.74 Å². The summed E-state index contributed by atoms with van der Waals surface area (Å²) < 4.78 is 11.2. The highest BCUT2D eigenvalue weighted by Crippen LogP contribution is 2.23. The van der Waals surface area contributed by atoms with Crippen molar-refractivity contribution < 1.29 is 9.47 Å². The van der Waals surface area contributed by atoms with Crippen molar-refractivity contribution in [1.82, 2.24) is 20.2 Å². The molecule has 0 spiro atoms. The topological polar surface area (TPSA) is 85.0 Å². The molecule has 0 bridgehead atoms. The summed E-state index contributed by atoms with van der Waals surface area (Å²) in [6.07, 6.45) is 3.97. The average Bonchev–Trinajstić information content (AvgIpc) is 3.06. The van der Waals surface area contributed by atoms with Crippen molar-refractivity contribution in [2.24, 2.45) is 0 Å². The van der Waals surface area contributed by atoms with Crippen LogP contribution in [0.3, 0.4) is 0 Å². The summed E-state index contributed by atoms with van der Waals surface area (Å²) in [5.41, 5.74) is 0.664. The smallest absolute Gasteiger partial charge is 0.229 e. The van der Waals surface area contributed by atoms with E-state index >= 15 is 0 Å². The third kappa shape index (κ3) is 2.08. The van der Waals surface area contributed by atoms with Crippen LogP contribution in [0.25, 0.3) is 11.0 Å². The zero-order chi connectivity index (χ0) is 12.4. The van der Waals surface area contributed by atoms with Gasteiger partial charge in [-0.3, -0.25) is 5.10 Å². The van der Waals surface area contributed by atoms with E-state index in [9.17, 15) is 0 Å². The highest BCUT2D eigenvalue weighted by Gasteiger charge is 2.18. The number of ether oxygens (including phenoxy) is 2. The van der Waals surface area contributed by atoms with Gasteiger partial charge in [0.1, 0.15) is 12.0 Å². The molecular formula is C11H15N5O2. The summed E-state index contributed by atoms with van der Waals surface area (Å²) in [6.45, 7) is 1.33. The first kappa shape index (κ1) is 11.2. The standard InChI is InChI=1S/C11H15N5O2/c1-12-11-14-9-8(5-13-16-9)10(15-11)18-6-7-3-2-4-17-7/h5,7H,2-4,6H2,1H3,(H2,12,13,14,15,16). The van der Waals surface area contributed by atoms with Crippen LogP contribution in [0.5, 0.6) is 5.88 Å². The van der Waals surface area contributed by atoms with Gasteiger partial charge in [-0.15, -0.1) is 0 Å². The van der Waals surface area contributed by atoms with Gasteiger partial charge in [0.2, 0.25) is 11.8 Å². The van der Waals surface area contributed by atoms with Crippen LogP contribution in [0.4, 0.5) is 5.95 Å². The van der Waals surface area contributed by atoms with E-state index in [2.05, 4.69) is 25.5 Å². The number of nitrogens with one attached hydrogen (secondary N) is 2. The number of H-pyrrole nitrogens is 1. The number of aromatic amines is 1. The Morgan fingerprint density at radius 3 is 3.28 bits per heavy atom. The number of nitrogens with zero attached hydrogens (tertiary/aromatic N) is 3. The van der Waals surface area contributed by atoms with E-state index in [0.29, 0.717) is 24.1 Å². The molecule has 7 heteroatoms. The summed E-state index contributed by atoms with van der Waals surface area (Å²) in [4.78, 5) is 8.54. The van der Waals surface area contributed by atoms with Gasteiger partial charge in [0, 0.05) is 13.7 Å². The van der Waals surface area contributed by atoms with Gasteiger partial charge in [-0.25, -0.2) is 0 Å². The van der Waals surface area contributed by atoms with Gasteiger partial charge in [0.15, 0.2) is 5.65 Å². The van der Waals surface area contributed by atoms with Crippen molar-refractivity contribution in [1.29, 1.82) is 0 Å². The molecule has 3 heterocycles. The number of fused-ring (bicyclic) bond motifs is 1. The van der Waals surface area contributed by atoms with Crippen LogP contribution in [-0.4, -0.2) is 46.5 Å². The fraction of sp³-hybridized carbons (Fsp3) is 0.545. The Kier molecular flexibility index (Phi) is 2.97. The van der Waals surface area contributed by atoms with Crippen molar-refractivity contribution in [2.75, 3.05) is 25.6 Å². The maximum Gasteiger partial charge on any atom is 0.229 e. The van der Waals surface area contributed by atoms with Gasteiger partial charge >= 0.3 is 0 Å². The van der Waals surface area contributed by atoms with Crippen LogP contribution in [0, 0.1) is 0 Å². The third-order valence-corrected chi connectivity index (χ3v) is 2.93. The SMILES string of the molecule is CNc1nc(OCC2CCCO2)c2cn[nH]c2n1. The number of aromatic nitrogens is 4. The van der Waals surface area contributed by atoms with E-state index in [1.165, 1.54) is 0 Å². The second-order valence-corrected chi connectivity index (χ2v) is 4.18. The van der Waals surface area contributed by atoms with Crippen molar-refractivity contribution in [3.63, 3.8) is 0 Å². The van der Waals surface area contributed by atoms with E-state index in [1.54, 1.807) is 13.2 Å². The Labute approximate surface area is 104 Å². The monoisotopic (exact) mass is 249 g/mol. The lowest BCUT2D eigenvalue weighted by Crippen LogP contribution is -2.17. The Hall–Kier alpha value is -1.89. The molecule has 2 N–H and O–H groups in total. The summed E-state index contributed by atoms with van der Waals surface area (Å²) in [7, 11) is 1.77. The van der Waals surface area contributed by atoms with Crippen LogP contribution in [0.1, 0.15) is 12.8 Å². The molecule has 1 aliphatic rings. The molecule has 0 aromatic carbocycles. The summed E-state index contributed by atoms with van der Waals surface area (Å²) >= 11 is 0. The molecule has 1 aliphatic heterocycles. The molecule has 1 saturated heterocycles. The zero-order valence-corrected chi connectivity index (χ0v) is 10.1. The minimum absolute atomic E-state index is 0.167. The first-order chi connectivity index (χ1) is 8.86. The molecule has 2 aromatic rings. The zero-order valence-electron chi connectivity index (χ0n) is 10.1. The summed E-state index contributed by atoms with van der Waals surface area (Å²) in [5.74, 6) is 1.04. The molecule has 1 unspecified atom stereocenters. The van der Waals surface area contributed by atoms with Crippen LogP contribution >= 0.6 is 0 Å². The molecule has 0 amide bonds. The number of rotatable bonds is 4. The Bertz CT molecular complexity index is 535. The van der Waals surface area contributed by atoms with E-state index in [1.807, 2.05) is 0 Å². The largest absolute Gasteiger partial charge is 0.474 e. The van der Waals surface area contributed by atoms with E-state index in [4.69, 9.17) is 9.47 Å². The summed E-state index contributed by atoms with van der Waals surface area (Å²) in [6, 6.07) is 0. The lowest BCUT2D eigenvalue weighted by molar-refractivity contribution is 0.0669. The summed E-state index contributed by atoms with van der Waals surface area (Å²) in [5, 5.41) is 10.4. The molecule has 2 aromatic heterocycles.